The molecule has 172 valence electrons. The quantitative estimate of drug-likeness (QED) is 0.725. The predicted molar refractivity (Wildman–Crippen MR) is 118 cm³/mol. The van der Waals surface area contributed by atoms with E-state index in [9.17, 15) is 18.0 Å². The van der Waals surface area contributed by atoms with Gasteiger partial charge in [-0.15, -0.1) is 0 Å². The van der Waals surface area contributed by atoms with Gasteiger partial charge in [0.05, 0.1) is 17.4 Å². The molecule has 0 aliphatic carbocycles. The summed E-state index contributed by atoms with van der Waals surface area (Å²) < 4.78 is 30.6. The zero-order chi connectivity index (χ0) is 22.3. The van der Waals surface area contributed by atoms with E-state index in [0.29, 0.717) is 44.3 Å². The summed E-state index contributed by atoms with van der Waals surface area (Å²) in [7, 11) is -3.32. The van der Waals surface area contributed by atoms with Crippen molar-refractivity contribution in [3.8, 4) is 0 Å². The van der Waals surface area contributed by atoms with Crippen LogP contribution in [0.5, 0.6) is 0 Å². The second-order valence-corrected chi connectivity index (χ2v) is 10.7. The summed E-state index contributed by atoms with van der Waals surface area (Å²) in [6.07, 6.45) is 8.21. The summed E-state index contributed by atoms with van der Waals surface area (Å²) >= 11 is 0. The highest BCUT2D eigenvalue weighted by Crippen LogP contribution is 2.28. The molecule has 2 aromatic heterocycles. The molecular formula is C21H28N6O4S. The fourth-order valence-corrected chi connectivity index (χ4v) is 6.62. The number of nitrogens with zero attached hydrogens (tertiary/aromatic N) is 5. The molecule has 0 bridgehead atoms. The number of urea groups is 1. The summed E-state index contributed by atoms with van der Waals surface area (Å²) in [4.78, 5) is 25.3. The third-order valence-electron chi connectivity index (χ3n) is 6.73. The van der Waals surface area contributed by atoms with Gasteiger partial charge in [-0.25, -0.2) is 9.31 Å². The van der Waals surface area contributed by atoms with Gasteiger partial charge in [0.1, 0.15) is 0 Å². The number of hydrogen-bond acceptors (Lipinski definition) is 5. The molecule has 10 nitrogen and oxygen atoms in total. The molecule has 0 saturated carbocycles. The highest BCUT2D eigenvalue weighted by Gasteiger charge is 2.34. The molecule has 3 saturated heterocycles. The Balaban J connectivity index is 1.26. The van der Waals surface area contributed by atoms with Crippen molar-refractivity contribution in [1.82, 2.24) is 23.5 Å². The first-order valence-corrected chi connectivity index (χ1v) is 12.6. The van der Waals surface area contributed by atoms with E-state index in [1.54, 1.807) is 24.2 Å². The van der Waals surface area contributed by atoms with Crippen LogP contribution in [-0.4, -0.2) is 71.3 Å². The van der Waals surface area contributed by atoms with E-state index in [-0.39, 0.29) is 12.3 Å². The molecule has 3 aliphatic heterocycles. The first-order chi connectivity index (χ1) is 15.4. The second kappa shape index (κ2) is 8.45. The van der Waals surface area contributed by atoms with E-state index in [4.69, 9.17) is 0 Å². The molecule has 5 rings (SSSR count). The highest BCUT2D eigenvalue weighted by atomic mass is 32.2. The third-order valence-corrected chi connectivity index (χ3v) is 8.76. The van der Waals surface area contributed by atoms with E-state index in [2.05, 4.69) is 10.4 Å². The summed E-state index contributed by atoms with van der Waals surface area (Å²) in [5.41, 5.74) is 2.64. The predicted octanol–water partition coefficient (Wildman–Crippen LogP) is 1.38. The number of piperidine rings is 1. The van der Waals surface area contributed by atoms with Gasteiger partial charge in [-0.05, 0) is 55.7 Å². The maximum Gasteiger partial charge on any atom is 0.328 e. The number of fused-ring (bicyclic) bond motifs is 1. The lowest BCUT2D eigenvalue weighted by Crippen LogP contribution is -2.49. The SMILES string of the molecule is O=C1CCN(c2cnn3ccc(CC4CCN(S(=O)(=O)N5CCCC5)CC4)cc23)C(=O)N1. The van der Waals surface area contributed by atoms with Crippen LogP contribution >= 0.6 is 0 Å². The topological polar surface area (TPSA) is 107 Å². The minimum Gasteiger partial charge on any atom is -0.290 e. The third kappa shape index (κ3) is 4.00. The van der Waals surface area contributed by atoms with Crippen LogP contribution < -0.4 is 10.2 Å². The van der Waals surface area contributed by atoms with Crippen molar-refractivity contribution in [2.24, 2.45) is 5.92 Å². The average Bonchev–Trinajstić information content (AvgIpc) is 3.45. The standard InChI is InChI=1S/C21H28N6O4S/c28-20-6-11-26(21(29)23-20)19-15-22-27-12-5-17(14-18(19)27)13-16-3-9-25(10-4-16)32(30,31)24-7-1-2-8-24/h5,12,14-16H,1-4,6-11,13H2,(H,23,28,29). The first kappa shape index (κ1) is 21.4. The van der Waals surface area contributed by atoms with Crippen molar-refractivity contribution in [2.75, 3.05) is 37.6 Å². The summed E-state index contributed by atoms with van der Waals surface area (Å²) in [6.45, 7) is 2.73. The van der Waals surface area contributed by atoms with Crippen molar-refractivity contribution in [1.29, 1.82) is 0 Å². The van der Waals surface area contributed by atoms with Crippen LogP contribution in [0.2, 0.25) is 0 Å². The Hall–Kier alpha value is -2.50. The molecule has 11 heteroatoms. The minimum absolute atomic E-state index is 0.262. The molecule has 5 heterocycles. The van der Waals surface area contributed by atoms with Gasteiger partial charge in [0, 0.05) is 45.3 Å². The van der Waals surface area contributed by atoms with Crippen molar-refractivity contribution < 1.29 is 18.0 Å². The smallest absolute Gasteiger partial charge is 0.290 e. The molecule has 0 unspecified atom stereocenters. The number of nitrogens with one attached hydrogen (secondary N) is 1. The van der Waals surface area contributed by atoms with E-state index in [0.717, 1.165) is 43.2 Å². The Bertz CT molecular complexity index is 1130. The van der Waals surface area contributed by atoms with Crippen LogP contribution in [0.25, 0.3) is 5.52 Å². The van der Waals surface area contributed by atoms with Gasteiger partial charge < -0.3 is 0 Å². The van der Waals surface area contributed by atoms with E-state index in [1.807, 2.05) is 18.3 Å². The first-order valence-electron chi connectivity index (χ1n) is 11.2. The molecule has 0 radical (unpaired) electrons. The minimum atomic E-state index is -3.32. The Morgan fingerprint density at radius 2 is 1.75 bits per heavy atom. The lowest BCUT2D eigenvalue weighted by molar-refractivity contribution is -0.120. The van der Waals surface area contributed by atoms with Crippen LogP contribution in [-0.2, 0) is 21.4 Å². The summed E-state index contributed by atoms with van der Waals surface area (Å²) in [6, 6.07) is 3.64. The van der Waals surface area contributed by atoms with Gasteiger partial charge >= 0.3 is 6.03 Å². The van der Waals surface area contributed by atoms with Crippen LogP contribution in [0.4, 0.5) is 10.5 Å². The highest BCUT2D eigenvalue weighted by molar-refractivity contribution is 7.86. The molecule has 3 fully saturated rings. The fraction of sp³-hybridized carbons (Fsp3) is 0.571. The Morgan fingerprint density at radius 1 is 1.03 bits per heavy atom. The van der Waals surface area contributed by atoms with Crippen molar-refractivity contribution in [3.05, 3.63) is 30.1 Å². The van der Waals surface area contributed by atoms with Crippen LogP contribution in [0, 0.1) is 5.92 Å². The number of amides is 3. The molecule has 2 aromatic rings. The van der Waals surface area contributed by atoms with Gasteiger partial charge in [-0.3, -0.25) is 15.0 Å². The zero-order valence-corrected chi connectivity index (χ0v) is 18.8. The number of hydrogen-bond donors (Lipinski definition) is 1. The number of aromatic nitrogens is 2. The van der Waals surface area contributed by atoms with Gasteiger partial charge in [0.2, 0.25) is 5.91 Å². The van der Waals surface area contributed by atoms with E-state index in [1.165, 1.54) is 0 Å². The van der Waals surface area contributed by atoms with E-state index >= 15 is 0 Å². The lowest BCUT2D eigenvalue weighted by Gasteiger charge is -2.33. The van der Waals surface area contributed by atoms with Crippen LogP contribution in [0.1, 0.15) is 37.7 Å². The second-order valence-electron chi connectivity index (χ2n) is 8.81. The lowest BCUT2D eigenvalue weighted by atomic mass is 9.91. The van der Waals surface area contributed by atoms with Gasteiger partial charge in [0.15, 0.2) is 0 Å². The number of anilines is 1. The summed E-state index contributed by atoms with van der Waals surface area (Å²) in [5.74, 6) is 0.145. The van der Waals surface area contributed by atoms with Crippen LogP contribution in [0.3, 0.4) is 0 Å². The Morgan fingerprint density at radius 3 is 2.47 bits per heavy atom. The number of imide groups is 1. The molecule has 0 atom stereocenters. The number of carbonyl (C=O) groups is 2. The average molecular weight is 461 g/mol. The molecule has 0 aromatic carbocycles. The van der Waals surface area contributed by atoms with Crippen molar-refractivity contribution >= 4 is 33.4 Å². The summed E-state index contributed by atoms with van der Waals surface area (Å²) in [5, 5.41) is 6.69. The Labute approximate surface area is 187 Å². The van der Waals surface area contributed by atoms with Gasteiger partial charge in [-0.1, -0.05) is 0 Å². The van der Waals surface area contributed by atoms with E-state index < -0.39 is 16.2 Å². The zero-order valence-electron chi connectivity index (χ0n) is 17.9. The maximum atomic E-state index is 12.8. The molecule has 32 heavy (non-hydrogen) atoms. The normalized spacial score (nSPS) is 22.1. The molecule has 3 amide bonds. The van der Waals surface area contributed by atoms with Crippen molar-refractivity contribution in [3.63, 3.8) is 0 Å². The maximum absolute atomic E-state index is 12.8. The van der Waals surface area contributed by atoms with Gasteiger partial charge in [-0.2, -0.15) is 22.1 Å². The monoisotopic (exact) mass is 460 g/mol. The van der Waals surface area contributed by atoms with Gasteiger partial charge in [0.25, 0.3) is 10.2 Å². The fourth-order valence-electron chi connectivity index (χ4n) is 4.90. The molecular weight excluding hydrogens is 432 g/mol. The largest absolute Gasteiger partial charge is 0.328 e. The number of pyridine rings is 1. The molecule has 0 spiro atoms. The molecule has 1 N–H and O–H groups in total. The molecule has 3 aliphatic rings. The number of rotatable bonds is 5. The number of carbonyl (C=O) groups excluding carboxylic acids is 2. The Kier molecular flexibility index (Phi) is 5.64. The van der Waals surface area contributed by atoms with Crippen LogP contribution in [0.15, 0.2) is 24.5 Å². The van der Waals surface area contributed by atoms with Crippen molar-refractivity contribution in [2.45, 2.75) is 38.5 Å².